The highest BCUT2D eigenvalue weighted by molar-refractivity contribution is 14.0. The average molecular weight is 549 g/mol. The number of carbonyl (C=O) groups is 1. The molecule has 1 aliphatic rings. The Bertz CT molecular complexity index is 1070. The Morgan fingerprint density at radius 1 is 1.12 bits per heavy atom. The first kappa shape index (κ1) is 24.0. The van der Waals surface area contributed by atoms with Crippen LogP contribution in [0.5, 0.6) is 0 Å². The minimum absolute atomic E-state index is 0. The zero-order valence-electron chi connectivity index (χ0n) is 18.2. The van der Waals surface area contributed by atoms with Gasteiger partial charge in [0.15, 0.2) is 5.96 Å². The van der Waals surface area contributed by atoms with Crippen molar-refractivity contribution in [2.24, 2.45) is 4.99 Å². The molecule has 2 aromatic carbocycles. The highest BCUT2D eigenvalue weighted by atomic mass is 127. The number of amides is 1. The smallest absolute Gasteiger partial charge is 0.223 e. The summed E-state index contributed by atoms with van der Waals surface area (Å²) in [6, 6.07) is 13.0. The van der Waals surface area contributed by atoms with Crippen LogP contribution in [0.15, 0.2) is 53.7 Å². The maximum absolute atomic E-state index is 13.3. The number of nitrogens with zero attached hydrogens (tertiary/aromatic N) is 2. The van der Waals surface area contributed by atoms with Crippen LogP contribution in [0, 0.1) is 5.82 Å². The fraction of sp³-hybridized carbons (Fsp3) is 0.333. The fourth-order valence-electron chi connectivity index (χ4n) is 4.02. The van der Waals surface area contributed by atoms with Gasteiger partial charge in [0.2, 0.25) is 5.91 Å². The molecule has 0 bridgehead atoms. The summed E-state index contributed by atoms with van der Waals surface area (Å²) in [5.74, 6) is 0.667. The first-order valence-electron chi connectivity index (χ1n) is 10.7. The summed E-state index contributed by atoms with van der Waals surface area (Å²) in [5, 5.41) is 7.60. The van der Waals surface area contributed by atoms with Crippen molar-refractivity contribution in [1.82, 2.24) is 20.5 Å². The first-order chi connectivity index (χ1) is 15.1. The number of hydrogen-bond donors (Lipinski definition) is 3. The van der Waals surface area contributed by atoms with Crippen LogP contribution in [0.25, 0.3) is 10.9 Å². The van der Waals surface area contributed by atoms with Crippen LogP contribution >= 0.6 is 24.0 Å². The molecule has 0 saturated heterocycles. The van der Waals surface area contributed by atoms with Gasteiger partial charge in [-0.1, -0.05) is 24.3 Å². The fourth-order valence-corrected chi connectivity index (χ4v) is 4.02. The second-order valence-corrected chi connectivity index (χ2v) is 7.80. The van der Waals surface area contributed by atoms with E-state index in [4.69, 9.17) is 0 Å². The largest absolute Gasteiger partial charge is 0.361 e. The monoisotopic (exact) mass is 549 g/mol. The van der Waals surface area contributed by atoms with E-state index in [1.807, 2.05) is 23.2 Å². The molecular weight excluding hydrogens is 520 g/mol. The molecule has 2 heterocycles. The maximum atomic E-state index is 13.3. The molecule has 170 valence electrons. The molecule has 0 atom stereocenters. The quantitative estimate of drug-likeness (QED) is 0.181. The van der Waals surface area contributed by atoms with Crippen molar-refractivity contribution < 1.29 is 9.18 Å². The van der Waals surface area contributed by atoms with Crippen LogP contribution in [0.4, 0.5) is 4.39 Å². The van der Waals surface area contributed by atoms with Crippen molar-refractivity contribution in [2.45, 2.75) is 32.4 Å². The number of halogens is 2. The van der Waals surface area contributed by atoms with E-state index in [0.717, 1.165) is 29.3 Å². The van der Waals surface area contributed by atoms with E-state index in [-0.39, 0.29) is 35.7 Å². The van der Waals surface area contributed by atoms with E-state index in [2.05, 4.69) is 32.7 Å². The number of aliphatic imine (C=N–C) groups is 1. The third-order valence-corrected chi connectivity index (χ3v) is 5.69. The number of nitrogens with one attached hydrogen (secondary N) is 3. The van der Waals surface area contributed by atoms with Crippen LogP contribution < -0.4 is 10.6 Å². The van der Waals surface area contributed by atoms with E-state index in [0.29, 0.717) is 38.6 Å². The maximum Gasteiger partial charge on any atom is 0.223 e. The summed E-state index contributed by atoms with van der Waals surface area (Å²) in [5.41, 5.74) is 4.44. The Morgan fingerprint density at radius 2 is 1.84 bits per heavy atom. The Labute approximate surface area is 204 Å². The summed E-state index contributed by atoms with van der Waals surface area (Å²) >= 11 is 0. The molecule has 0 spiro atoms. The van der Waals surface area contributed by atoms with Crippen LogP contribution in [-0.2, 0) is 24.3 Å². The van der Waals surface area contributed by atoms with Crippen molar-refractivity contribution in [3.05, 3.63) is 71.2 Å². The molecule has 3 aromatic rings. The van der Waals surface area contributed by atoms with Gasteiger partial charge < -0.3 is 20.5 Å². The molecule has 32 heavy (non-hydrogen) atoms. The molecule has 1 aromatic heterocycles. The third kappa shape index (κ3) is 5.79. The summed E-state index contributed by atoms with van der Waals surface area (Å²) in [4.78, 5) is 21.8. The molecule has 0 aliphatic carbocycles. The lowest BCUT2D eigenvalue weighted by Crippen LogP contribution is -2.39. The summed E-state index contributed by atoms with van der Waals surface area (Å²) < 4.78 is 13.3. The van der Waals surface area contributed by atoms with Gasteiger partial charge in [-0.25, -0.2) is 4.39 Å². The van der Waals surface area contributed by atoms with Crippen LogP contribution in [0.3, 0.4) is 0 Å². The molecule has 3 N–H and O–H groups in total. The van der Waals surface area contributed by atoms with Gasteiger partial charge in [0.1, 0.15) is 5.82 Å². The molecule has 8 heteroatoms. The van der Waals surface area contributed by atoms with Crippen molar-refractivity contribution >= 4 is 46.7 Å². The molecule has 1 amide bonds. The molecule has 1 aliphatic heterocycles. The zero-order chi connectivity index (χ0) is 21.6. The number of aromatic nitrogens is 1. The van der Waals surface area contributed by atoms with Crippen LogP contribution in [0.2, 0.25) is 0 Å². The van der Waals surface area contributed by atoms with Crippen molar-refractivity contribution in [3.8, 4) is 0 Å². The van der Waals surface area contributed by atoms with Crippen molar-refractivity contribution in [3.63, 3.8) is 0 Å². The molecule has 0 unspecified atom stereocenters. The topological polar surface area (TPSA) is 72.5 Å². The summed E-state index contributed by atoms with van der Waals surface area (Å²) in [7, 11) is 1.73. The van der Waals surface area contributed by atoms with Gasteiger partial charge in [-0.2, -0.15) is 0 Å². The SMILES string of the molecule is CN=C(NCCCC(=O)N1Cc2ccccc2C1)NCCc1c[nH]c2cc(F)ccc12.I. The van der Waals surface area contributed by atoms with Crippen LogP contribution in [-0.4, -0.2) is 41.9 Å². The minimum atomic E-state index is -0.239. The minimum Gasteiger partial charge on any atom is -0.361 e. The van der Waals surface area contributed by atoms with Gasteiger partial charge in [0.05, 0.1) is 0 Å². The van der Waals surface area contributed by atoms with Gasteiger partial charge in [-0.15, -0.1) is 24.0 Å². The number of carbonyl (C=O) groups excluding carboxylic acids is 1. The van der Waals surface area contributed by atoms with Crippen LogP contribution in [0.1, 0.15) is 29.5 Å². The predicted octanol–water partition coefficient (Wildman–Crippen LogP) is 3.96. The lowest BCUT2D eigenvalue weighted by atomic mass is 10.1. The number of benzene rings is 2. The number of H-pyrrole nitrogens is 1. The van der Waals surface area contributed by atoms with E-state index < -0.39 is 0 Å². The number of hydrogen-bond acceptors (Lipinski definition) is 2. The van der Waals surface area contributed by atoms with E-state index in [1.165, 1.54) is 23.3 Å². The molecular formula is C24H29FIN5O. The number of rotatable bonds is 7. The van der Waals surface area contributed by atoms with E-state index in [9.17, 15) is 9.18 Å². The Morgan fingerprint density at radius 3 is 2.56 bits per heavy atom. The molecule has 0 fully saturated rings. The van der Waals surface area contributed by atoms with Gasteiger partial charge in [0, 0.05) is 56.7 Å². The molecule has 4 rings (SSSR count). The highest BCUT2D eigenvalue weighted by Crippen LogP contribution is 2.23. The summed E-state index contributed by atoms with van der Waals surface area (Å²) in [6.07, 6.45) is 3.98. The zero-order valence-corrected chi connectivity index (χ0v) is 20.5. The van der Waals surface area contributed by atoms with Gasteiger partial charge >= 0.3 is 0 Å². The van der Waals surface area contributed by atoms with Gasteiger partial charge in [-0.3, -0.25) is 9.79 Å². The molecule has 0 saturated carbocycles. The van der Waals surface area contributed by atoms with Gasteiger partial charge in [-0.05, 0) is 47.7 Å². The standard InChI is InChI=1S/C24H28FN5O.HI/c1-26-24(28-12-10-17-14-29-22-13-20(25)8-9-21(17)22)27-11-4-7-23(31)30-15-18-5-2-3-6-19(18)16-30;/h2-3,5-6,8-9,13-14,29H,4,7,10-12,15-16H2,1H3,(H2,26,27,28);1H. The summed E-state index contributed by atoms with van der Waals surface area (Å²) in [6.45, 7) is 2.81. The lowest BCUT2D eigenvalue weighted by Gasteiger charge is -2.16. The Kier molecular flexibility index (Phi) is 8.49. The molecule has 6 nitrogen and oxygen atoms in total. The number of aromatic amines is 1. The second kappa shape index (κ2) is 11.3. The number of guanidine groups is 1. The van der Waals surface area contributed by atoms with Gasteiger partial charge in [0.25, 0.3) is 0 Å². The molecule has 0 radical (unpaired) electrons. The first-order valence-corrected chi connectivity index (χ1v) is 10.7. The third-order valence-electron chi connectivity index (χ3n) is 5.69. The Hall–Kier alpha value is -2.62. The number of fused-ring (bicyclic) bond motifs is 2. The second-order valence-electron chi connectivity index (χ2n) is 7.80. The highest BCUT2D eigenvalue weighted by Gasteiger charge is 2.22. The normalized spacial score (nSPS) is 13.1. The Balaban J connectivity index is 0.00000289. The predicted molar refractivity (Wildman–Crippen MR) is 137 cm³/mol. The van der Waals surface area contributed by atoms with E-state index >= 15 is 0 Å². The van der Waals surface area contributed by atoms with E-state index in [1.54, 1.807) is 13.1 Å². The van der Waals surface area contributed by atoms with Crippen molar-refractivity contribution in [2.75, 3.05) is 20.1 Å². The lowest BCUT2D eigenvalue weighted by molar-refractivity contribution is -0.131. The van der Waals surface area contributed by atoms with Crippen molar-refractivity contribution in [1.29, 1.82) is 0 Å². The average Bonchev–Trinajstić information content (AvgIpc) is 3.39.